The Morgan fingerprint density at radius 3 is 1.31 bits per heavy atom. The van der Waals surface area contributed by atoms with Crippen LogP contribution < -0.4 is 5.32 Å². The van der Waals surface area contributed by atoms with Crippen molar-refractivity contribution in [1.29, 1.82) is 0 Å². The Morgan fingerprint density at radius 1 is 0.750 bits per heavy atom. The van der Waals surface area contributed by atoms with Crippen LogP contribution in [0.3, 0.4) is 0 Å². The van der Waals surface area contributed by atoms with E-state index in [1.54, 1.807) is 0 Å². The minimum Gasteiger partial charge on any atom is -0.308 e. The van der Waals surface area contributed by atoms with Gasteiger partial charge in [0.25, 0.3) is 0 Å². The molecule has 0 aliphatic rings. The summed E-state index contributed by atoms with van der Waals surface area (Å²) >= 11 is 4.85. The number of hydrogen-bond donors (Lipinski definition) is 2. The monoisotopic (exact) mass is 245 g/mol. The van der Waals surface area contributed by atoms with Crippen molar-refractivity contribution >= 4 is 12.6 Å². The van der Waals surface area contributed by atoms with Gasteiger partial charge in [-0.05, 0) is 31.6 Å². The molecule has 0 saturated carbocycles. The third-order valence-electron chi connectivity index (χ3n) is 2.72. The zero-order valence-corrected chi connectivity index (χ0v) is 13.5. The Labute approximate surface area is 108 Å². The van der Waals surface area contributed by atoms with Gasteiger partial charge in [-0.25, -0.2) is 0 Å². The topological polar surface area (TPSA) is 12.0 Å². The van der Waals surface area contributed by atoms with Crippen LogP contribution in [0.4, 0.5) is 0 Å². The summed E-state index contributed by atoms with van der Waals surface area (Å²) < 4.78 is 0. The van der Waals surface area contributed by atoms with E-state index < -0.39 is 0 Å². The third-order valence-corrected chi connectivity index (χ3v) is 3.80. The minimum absolute atomic E-state index is 0.129. The summed E-state index contributed by atoms with van der Waals surface area (Å²) in [6.45, 7) is 20.3. The first kappa shape index (κ1) is 16.3. The molecule has 0 bridgehead atoms. The van der Waals surface area contributed by atoms with E-state index in [0.29, 0.717) is 11.3 Å². The standard InChI is InChI=1S/C14H31NS/c1-12(2,3)10(15-14(7,8)9)11(16)13(4,5)6/h10-11,15-16H,1-9H3. The van der Waals surface area contributed by atoms with E-state index in [-0.39, 0.29) is 16.4 Å². The predicted molar refractivity (Wildman–Crippen MR) is 78.4 cm³/mol. The van der Waals surface area contributed by atoms with Crippen molar-refractivity contribution in [2.45, 2.75) is 79.1 Å². The second-order valence-electron chi connectivity index (χ2n) is 8.05. The molecule has 0 fully saturated rings. The molecule has 0 aromatic carbocycles. The summed E-state index contributed by atoms with van der Waals surface area (Å²) in [5, 5.41) is 4.07. The molecule has 0 spiro atoms. The molecule has 1 nitrogen and oxygen atoms in total. The molecule has 98 valence electrons. The SMILES string of the molecule is CC(C)(C)NC(C(S)C(C)(C)C)C(C)(C)C. The Kier molecular flexibility index (Phi) is 4.99. The lowest BCUT2D eigenvalue weighted by molar-refractivity contribution is 0.172. The molecule has 0 aliphatic heterocycles. The molecule has 2 atom stereocenters. The molecule has 0 rings (SSSR count). The molecule has 0 aromatic rings. The van der Waals surface area contributed by atoms with Crippen LogP contribution in [0.1, 0.15) is 62.3 Å². The largest absolute Gasteiger partial charge is 0.308 e. The first-order valence-corrected chi connectivity index (χ1v) is 6.72. The van der Waals surface area contributed by atoms with Crippen molar-refractivity contribution in [2.24, 2.45) is 10.8 Å². The highest BCUT2D eigenvalue weighted by atomic mass is 32.1. The molecule has 0 saturated heterocycles. The van der Waals surface area contributed by atoms with Crippen LogP contribution in [0.25, 0.3) is 0 Å². The van der Waals surface area contributed by atoms with E-state index in [9.17, 15) is 0 Å². The van der Waals surface area contributed by atoms with E-state index in [4.69, 9.17) is 12.6 Å². The lowest BCUT2D eigenvalue weighted by Gasteiger charge is -2.45. The lowest BCUT2D eigenvalue weighted by Crippen LogP contribution is -2.57. The van der Waals surface area contributed by atoms with E-state index in [2.05, 4.69) is 67.6 Å². The molecule has 0 aliphatic carbocycles. The van der Waals surface area contributed by atoms with E-state index in [1.807, 2.05) is 0 Å². The van der Waals surface area contributed by atoms with Crippen molar-refractivity contribution in [3.8, 4) is 0 Å². The van der Waals surface area contributed by atoms with Crippen molar-refractivity contribution in [2.75, 3.05) is 0 Å². The summed E-state index contributed by atoms with van der Waals surface area (Å²) in [7, 11) is 0. The van der Waals surface area contributed by atoms with Gasteiger partial charge in [0.05, 0.1) is 0 Å². The summed E-state index contributed by atoms with van der Waals surface area (Å²) in [5.74, 6) is 0. The maximum Gasteiger partial charge on any atom is 0.0242 e. The smallest absolute Gasteiger partial charge is 0.0242 e. The van der Waals surface area contributed by atoms with Crippen LogP contribution in [0.2, 0.25) is 0 Å². The number of nitrogens with one attached hydrogen (secondary N) is 1. The molecule has 16 heavy (non-hydrogen) atoms. The summed E-state index contributed by atoms with van der Waals surface area (Å²) in [4.78, 5) is 0. The molecule has 0 radical (unpaired) electrons. The Hall–Kier alpha value is 0.310. The van der Waals surface area contributed by atoms with Crippen LogP contribution in [-0.2, 0) is 0 Å². The van der Waals surface area contributed by atoms with Gasteiger partial charge in [-0.2, -0.15) is 12.6 Å². The normalized spacial score (nSPS) is 18.4. The van der Waals surface area contributed by atoms with Crippen LogP contribution in [-0.4, -0.2) is 16.8 Å². The fourth-order valence-electron chi connectivity index (χ4n) is 1.74. The van der Waals surface area contributed by atoms with Gasteiger partial charge >= 0.3 is 0 Å². The van der Waals surface area contributed by atoms with Gasteiger partial charge in [0.1, 0.15) is 0 Å². The first-order valence-electron chi connectivity index (χ1n) is 6.21. The van der Waals surface area contributed by atoms with Crippen LogP contribution in [0.15, 0.2) is 0 Å². The van der Waals surface area contributed by atoms with Gasteiger partial charge in [0.2, 0.25) is 0 Å². The highest BCUT2D eigenvalue weighted by molar-refractivity contribution is 7.81. The maximum atomic E-state index is 4.85. The highest BCUT2D eigenvalue weighted by Crippen LogP contribution is 2.35. The lowest BCUT2D eigenvalue weighted by atomic mass is 9.75. The summed E-state index contributed by atoms with van der Waals surface area (Å²) in [6, 6.07) is 0.399. The van der Waals surface area contributed by atoms with Crippen LogP contribution in [0.5, 0.6) is 0 Å². The Morgan fingerprint density at radius 2 is 1.12 bits per heavy atom. The molecule has 1 N–H and O–H groups in total. The van der Waals surface area contributed by atoms with Crippen molar-refractivity contribution in [3.63, 3.8) is 0 Å². The molecule has 0 aromatic heterocycles. The molecule has 2 unspecified atom stereocenters. The summed E-state index contributed by atoms with van der Waals surface area (Å²) in [5.41, 5.74) is 0.552. The number of hydrogen-bond acceptors (Lipinski definition) is 2. The zero-order valence-electron chi connectivity index (χ0n) is 12.6. The minimum atomic E-state index is 0.129. The second-order valence-corrected chi connectivity index (χ2v) is 8.61. The predicted octanol–water partition coefficient (Wildman–Crippen LogP) is 4.13. The van der Waals surface area contributed by atoms with Gasteiger partial charge in [0, 0.05) is 16.8 Å². The van der Waals surface area contributed by atoms with Crippen molar-refractivity contribution in [1.82, 2.24) is 5.32 Å². The average molecular weight is 245 g/mol. The van der Waals surface area contributed by atoms with Gasteiger partial charge in [-0.3, -0.25) is 0 Å². The molecule has 0 amide bonds. The fraction of sp³-hybridized carbons (Fsp3) is 1.00. The van der Waals surface area contributed by atoms with E-state index in [1.165, 1.54) is 0 Å². The average Bonchev–Trinajstić information content (AvgIpc) is 1.93. The molecular formula is C14H31NS. The van der Waals surface area contributed by atoms with Crippen LogP contribution in [0, 0.1) is 10.8 Å². The molecule has 2 heteroatoms. The number of thiol groups is 1. The second kappa shape index (κ2) is 4.89. The van der Waals surface area contributed by atoms with Gasteiger partial charge < -0.3 is 5.32 Å². The Bertz CT molecular complexity index is 214. The number of rotatable bonds is 2. The third kappa shape index (κ3) is 5.58. The van der Waals surface area contributed by atoms with E-state index >= 15 is 0 Å². The fourth-order valence-corrected chi connectivity index (χ4v) is 2.26. The van der Waals surface area contributed by atoms with Crippen LogP contribution >= 0.6 is 12.6 Å². The van der Waals surface area contributed by atoms with Gasteiger partial charge in [-0.15, -0.1) is 0 Å². The Balaban J connectivity index is 4.98. The highest BCUT2D eigenvalue weighted by Gasteiger charge is 2.38. The molecular weight excluding hydrogens is 214 g/mol. The molecule has 0 heterocycles. The zero-order chi connectivity index (χ0) is 13.4. The van der Waals surface area contributed by atoms with Gasteiger partial charge in [-0.1, -0.05) is 41.5 Å². The van der Waals surface area contributed by atoms with Crippen molar-refractivity contribution < 1.29 is 0 Å². The van der Waals surface area contributed by atoms with Crippen molar-refractivity contribution in [3.05, 3.63) is 0 Å². The first-order chi connectivity index (χ1) is 6.75. The van der Waals surface area contributed by atoms with Gasteiger partial charge in [0.15, 0.2) is 0 Å². The quantitative estimate of drug-likeness (QED) is 0.697. The maximum absolute atomic E-state index is 4.85. The van der Waals surface area contributed by atoms with E-state index in [0.717, 1.165) is 0 Å². The summed E-state index contributed by atoms with van der Waals surface area (Å²) in [6.07, 6.45) is 0.